The number of hydrogen-bond donors (Lipinski definition) is 1. The van der Waals surface area contributed by atoms with Crippen molar-refractivity contribution in [3.05, 3.63) is 74.1 Å². The molecule has 9 heteroatoms. The third kappa shape index (κ3) is 3.83. The van der Waals surface area contributed by atoms with Crippen molar-refractivity contribution in [2.45, 2.75) is 37.6 Å². The van der Waals surface area contributed by atoms with Crippen molar-refractivity contribution in [1.29, 1.82) is 0 Å². The summed E-state index contributed by atoms with van der Waals surface area (Å²) >= 11 is 3.56. The van der Waals surface area contributed by atoms with Gasteiger partial charge in [-0.3, -0.25) is 24.6 Å². The maximum atomic E-state index is 12.9. The van der Waals surface area contributed by atoms with E-state index in [1.165, 1.54) is 9.75 Å². The predicted molar refractivity (Wildman–Crippen MR) is 129 cm³/mol. The molecule has 1 unspecified atom stereocenters. The molecule has 1 aromatic carbocycles. The van der Waals surface area contributed by atoms with Gasteiger partial charge in [-0.1, -0.05) is 12.1 Å². The highest BCUT2D eigenvalue weighted by Crippen LogP contribution is 2.38. The number of rotatable bonds is 6. The number of thiophene rings is 2. The number of nitrogens with one attached hydrogen (secondary N) is 1. The summed E-state index contributed by atoms with van der Waals surface area (Å²) in [5, 5.41) is 6.58. The molecule has 0 saturated carbocycles. The smallest absolute Gasteiger partial charge is 0.255 e. The van der Waals surface area contributed by atoms with Crippen LogP contribution in [0.15, 0.2) is 53.2 Å². The van der Waals surface area contributed by atoms with Gasteiger partial charge < -0.3 is 9.64 Å². The van der Waals surface area contributed by atoms with E-state index in [0.717, 1.165) is 24.4 Å². The third-order valence-corrected chi connectivity index (χ3v) is 8.51. The number of ether oxygens (including phenoxy) is 1. The number of imide groups is 1. The predicted octanol–water partition coefficient (Wildman–Crippen LogP) is 3.42. The number of benzene rings is 1. The van der Waals surface area contributed by atoms with Gasteiger partial charge in [-0.15, -0.1) is 22.7 Å². The minimum Gasteiger partial charge on any atom is -0.488 e. The average Bonchev–Trinajstić information content (AvgIpc) is 3.55. The van der Waals surface area contributed by atoms with Crippen LogP contribution in [0.2, 0.25) is 0 Å². The second kappa shape index (κ2) is 8.65. The molecular weight excluding hydrogens is 470 g/mol. The lowest BCUT2D eigenvalue weighted by Gasteiger charge is -2.43. The number of carbonyl (C=O) groups excluding carboxylic acids is 3. The van der Waals surface area contributed by atoms with Gasteiger partial charge in [0, 0.05) is 41.4 Å². The van der Waals surface area contributed by atoms with Crippen LogP contribution in [0.4, 0.5) is 0 Å². The van der Waals surface area contributed by atoms with Crippen molar-refractivity contribution in [2.24, 2.45) is 0 Å². The van der Waals surface area contributed by atoms with Gasteiger partial charge >= 0.3 is 0 Å². The van der Waals surface area contributed by atoms with E-state index in [-0.39, 0.29) is 30.4 Å². The van der Waals surface area contributed by atoms with Crippen molar-refractivity contribution < 1.29 is 19.1 Å². The summed E-state index contributed by atoms with van der Waals surface area (Å²) in [6, 6.07) is 13.8. The van der Waals surface area contributed by atoms with Crippen molar-refractivity contribution in [3.63, 3.8) is 0 Å². The summed E-state index contributed by atoms with van der Waals surface area (Å²) in [5.41, 5.74) is 1.46. The topological polar surface area (TPSA) is 79.0 Å². The van der Waals surface area contributed by atoms with Crippen LogP contribution in [0, 0.1) is 0 Å². The van der Waals surface area contributed by atoms with Crippen LogP contribution in [0.25, 0.3) is 0 Å². The first kappa shape index (κ1) is 21.5. The maximum absolute atomic E-state index is 12.9. The number of hydrogen-bond acceptors (Lipinski definition) is 7. The van der Waals surface area contributed by atoms with Crippen LogP contribution in [-0.4, -0.2) is 52.8 Å². The van der Waals surface area contributed by atoms with Crippen LogP contribution in [-0.2, 0) is 16.1 Å². The van der Waals surface area contributed by atoms with Gasteiger partial charge in [0.1, 0.15) is 17.9 Å². The van der Waals surface area contributed by atoms with Crippen molar-refractivity contribution in [3.8, 4) is 5.75 Å². The van der Waals surface area contributed by atoms with Gasteiger partial charge in [-0.2, -0.15) is 0 Å². The zero-order valence-electron chi connectivity index (χ0n) is 18.3. The zero-order valence-corrected chi connectivity index (χ0v) is 19.9. The van der Waals surface area contributed by atoms with E-state index in [9.17, 15) is 14.4 Å². The number of fused-ring (bicyclic) bond motifs is 1. The van der Waals surface area contributed by atoms with Crippen molar-refractivity contribution in [1.82, 2.24) is 15.1 Å². The van der Waals surface area contributed by atoms with Gasteiger partial charge in [0.05, 0.1) is 6.04 Å². The van der Waals surface area contributed by atoms with Crippen molar-refractivity contribution >= 4 is 40.4 Å². The molecule has 174 valence electrons. The molecule has 7 nitrogen and oxygen atoms in total. The maximum Gasteiger partial charge on any atom is 0.255 e. The number of piperidine rings is 1. The molecule has 2 fully saturated rings. The summed E-state index contributed by atoms with van der Waals surface area (Å²) in [7, 11) is 0. The molecule has 34 heavy (non-hydrogen) atoms. The molecule has 2 aromatic heterocycles. The highest BCUT2D eigenvalue weighted by molar-refractivity contribution is 7.11. The van der Waals surface area contributed by atoms with Gasteiger partial charge in [0.25, 0.3) is 5.91 Å². The SMILES string of the molecule is O=C1CCC(N2Cc3cc(OC4CN(C(c5cccs5)c5cccs5)C4)ccc3C2=O)C(=O)N1. The number of likely N-dealkylation sites (tertiary alicyclic amines) is 1. The van der Waals surface area contributed by atoms with Crippen LogP contribution < -0.4 is 10.1 Å². The number of amides is 3. The highest BCUT2D eigenvalue weighted by Gasteiger charge is 2.40. The Morgan fingerprint density at radius 1 is 1.00 bits per heavy atom. The van der Waals surface area contributed by atoms with E-state index < -0.39 is 11.9 Å². The molecule has 0 radical (unpaired) electrons. The van der Waals surface area contributed by atoms with E-state index in [1.54, 1.807) is 33.6 Å². The number of nitrogens with zero attached hydrogens (tertiary/aromatic N) is 2. The molecule has 0 bridgehead atoms. The quantitative estimate of drug-likeness (QED) is 0.533. The molecule has 6 rings (SSSR count). The summed E-state index contributed by atoms with van der Waals surface area (Å²) in [5.74, 6) is -0.101. The molecule has 0 aliphatic carbocycles. The lowest BCUT2D eigenvalue weighted by Crippen LogP contribution is -2.54. The fourth-order valence-electron chi connectivity index (χ4n) is 4.97. The molecule has 3 aromatic rings. The minimum atomic E-state index is -0.603. The monoisotopic (exact) mass is 493 g/mol. The standard InChI is InChI=1S/C25H23N3O4S2/c29-22-8-7-19(24(30)26-22)28-12-15-11-16(5-6-18(15)25(28)31)32-17-13-27(14-17)23(20-3-1-9-33-20)21-4-2-10-34-21/h1-6,9-11,17,19,23H,7-8,12-14H2,(H,26,29,30). The summed E-state index contributed by atoms with van der Waals surface area (Å²) in [6.07, 6.45) is 0.700. The van der Waals surface area contributed by atoms with Crippen LogP contribution in [0.5, 0.6) is 5.75 Å². The Bertz CT molecular complexity index is 1200. The van der Waals surface area contributed by atoms with E-state index in [1.807, 2.05) is 12.1 Å². The van der Waals surface area contributed by atoms with E-state index >= 15 is 0 Å². The Hall–Kier alpha value is -3.01. The lowest BCUT2D eigenvalue weighted by molar-refractivity contribution is -0.136. The van der Waals surface area contributed by atoms with E-state index in [0.29, 0.717) is 18.5 Å². The molecule has 0 spiro atoms. The Kier molecular flexibility index (Phi) is 5.47. The molecular formula is C25H23N3O4S2. The minimum absolute atomic E-state index is 0.0869. The first-order chi connectivity index (χ1) is 16.6. The second-order valence-corrected chi connectivity index (χ2v) is 10.8. The molecule has 3 aliphatic heterocycles. The van der Waals surface area contributed by atoms with Gasteiger partial charge in [0.2, 0.25) is 11.8 Å². The van der Waals surface area contributed by atoms with Gasteiger partial charge in [0.15, 0.2) is 0 Å². The summed E-state index contributed by atoms with van der Waals surface area (Å²) < 4.78 is 6.25. The summed E-state index contributed by atoms with van der Waals surface area (Å²) in [6.45, 7) is 2.02. The normalized spacial score (nSPS) is 21.0. The van der Waals surface area contributed by atoms with Crippen LogP contribution in [0.3, 0.4) is 0 Å². The first-order valence-corrected chi connectivity index (χ1v) is 13.1. The van der Waals surface area contributed by atoms with Gasteiger partial charge in [-0.05, 0) is 53.1 Å². The van der Waals surface area contributed by atoms with E-state index in [2.05, 4.69) is 45.2 Å². The lowest BCUT2D eigenvalue weighted by atomic mass is 10.0. The zero-order chi connectivity index (χ0) is 23.2. The molecule has 5 heterocycles. The Balaban J connectivity index is 1.11. The Morgan fingerprint density at radius 2 is 1.74 bits per heavy atom. The van der Waals surface area contributed by atoms with E-state index in [4.69, 9.17) is 4.74 Å². The van der Waals surface area contributed by atoms with Crippen LogP contribution in [0.1, 0.15) is 44.6 Å². The fourth-order valence-corrected chi connectivity index (χ4v) is 6.79. The largest absolute Gasteiger partial charge is 0.488 e. The molecule has 2 saturated heterocycles. The molecule has 3 amide bonds. The fraction of sp³-hybridized carbons (Fsp3) is 0.320. The Morgan fingerprint density at radius 3 is 2.38 bits per heavy atom. The van der Waals surface area contributed by atoms with Crippen molar-refractivity contribution in [2.75, 3.05) is 13.1 Å². The summed E-state index contributed by atoms with van der Waals surface area (Å²) in [4.78, 5) is 43.3. The second-order valence-electron chi connectivity index (χ2n) is 8.85. The molecule has 1 N–H and O–H groups in total. The van der Waals surface area contributed by atoms with Gasteiger partial charge in [-0.25, -0.2) is 0 Å². The first-order valence-electron chi connectivity index (χ1n) is 11.3. The Labute approximate surface area is 204 Å². The van der Waals surface area contributed by atoms with Crippen LogP contribution >= 0.6 is 22.7 Å². The average molecular weight is 494 g/mol. The third-order valence-electron chi connectivity index (χ3n) is 6.66. The molecule has 3 aliphatic rings. The molecule has 1 atom stereocenters. The number of carbonyl (C=O) groups is 3. The highest BCUT2D eigenvalue weighted by atomic mass is 32.1.